The van der Waals surface area contributed by atoms with E-state index in [1.807, 2.05) is 18.2 Å². The highest BCUT2D eigenvalue weighted by Crippen LogP contribution is 2.06. The molecule has 0 fully saturated rings. The Morgan fingerprint density at radius 3 is 2.83 bits per heavy atom. The molecule has 0 atom stereocenters. The van der Waals surface area contributed by atoms with Crippen LogP contribution in [0.15, 0.2) is 27.8 Å². The molecule has 0 amide bonds. The molecule has 64 valence electrons. The SMILES string of the molecule is NC(N)=NCc1cccc(Br)n1. The number of pyridine rings is 1. The fourth-order valence-electron chi connectivity index (χ4n) is 0.711. The smallest absolute Gasteiger partial charge is 0.186 e. The van der Waals surface area contributed by atoms with E-state index in [0.29, 0.717) is 6.54 Å². The first-order valence-corrected chi connectivity index (χ1v) is 4.14. The molecule has 0 aromatic carbocycles. The van der Waals surface area contributed by atoms with Crippen LogP contribution in [-0.2, 0) is 6.54 Å². The normalized spacial score (nSPS) is 9.42. The third-order valence-electron chi connectivity index (χ3n) is 1.20. The average Bonchev–Trinajstić information content (AvgIpc) is 2.01. The Bertz CT molecular complexity index is 293. The van der Waals surface area contributed by atoms with E-state index in [0.717, 1.165) is 10.3 Å². The Kier molecular flexibility index (Phi) is 3.04. The summed E-state index contributed by atoms with van der Waals surface area (Å²) in [5.41, 5.74) is 11.2. The van der Waals surface area contributed by atoms with Gasteiger partial charge in [-0.15, -0.1) is 0 Å². The average molecular weight is 229 g/mol. The second-order valence-electron chi connectivity index (χ2n) is 2.19. The highest BCUT2D eigenvalue weighted by Gasteiger charge is 1.93. The lowest BCUT2D eigenvalue weighted by Gasteiger charge is -1.96. The number of aromatic nitrogens is 1. The van der Waals surface area contributed by atoms with E-state index in [1.54, 1.807) is 0 Å². The minimum absolute atomic E-state index is 0.0803. The van der Waals surface area contributed by atoms with Crippen molar-refractivity contribution >= 4 is 21.9 Å². The van der Waals surface area contributed by atoms with Gasteiger partial charge in [0.05, 0.1) is 12.2 Å². The third kappa shape index (κ3) is 2.87. The summed E-state index contributed by atoms with van der Waals surface area (Å²) < 4.78 is 0.783. The van der Waals surface area contributed by atoms with Gasteiger partial charge in [-0.1, -0.05) is 6.07 Å². The van der Waals surface area contributed by atoms with Gasteiger partial charge in [0.1, 0.15) is 4.60 Å². The number of hydrogen-bond acceptors (Lipinski definition) is 2. The number of hydrogen-bond donors (Lipinski definition) is 2. The molecule has 0 spiro atoms. The van der Waals surface area contributed by atoms with Gasteiger partial charge in [-0.05, 0) is 28.1 Å². The van der Waals surface area contributed by atoms with E-state index in [-0.39, 0.29) is 5.96 Å². The number of aliphatic imine (C=N–C) groups is 1. The summed E-state index contributed by atoms with van der Waals surface area (Å²) in [6, 6.07) is 5.59. The van der Waals surface area contributed by atoms with Crippen LogP contribution in [0.25, 0.3) is 0 Å². The molecule has 4 nitrogen and oxygen atoms in total. The molecule has 0 bridgehead atoms. The van der Waals surface area contributed by atoms with Crippen molar-refractivity contribution in [1.82, 2.24) is 4.98 Å². The summed E-state index contributed by atoms with van der Waals surface area (Å²) in [4.78, 5) is 7.97. The van der Waals surface area contributed by atoms with Crippen molar-refractivity contribution in [3.8, 4) is 0 Å². The monoisotopic (exact) mass is 228 g/mol. The van der Waals surface area contributed by atoms with Crippen molar-refractivity contribution in [1.29, 1.82) is 0 Å². The molecule has 0 aliphatic heterocycles. The van der Waals surface area contributed by atoms with Gasteiger partial charge in [0.2, 0.25) is 0 Å². The van der Waals surface area contributed by atoms with E-state index in [4.69, 9.17) is 11.5 Å². The lowest BCUT2D eigenvalue weighted by molar-refractivity contribution is 0.973. The zero-order valence-electron chi connectivity index (χ0n) is 6.37. The Balaban J connectivity index is 2.70. The molecule has 1 rings (SSSR count). The van der Waals surface area contributed by atoms with Crippen LogP contribution in [0.1, 0.15) is 5.69 Å². The molecule has 0 aliphatic carbocycles. The second kappa shape index (κ2) is 4.06. The quantitative estimate of drug-likeness (QED) is 0.443. The second-order valence-corrected chi connectivity index (χ2v) is 3.01. The Morgan fingerprint density at radius 2 is 2.25 bits per heavy atom. The number of nitrogens with zero attached hydrogens (tertiary/aromatic N) is 2. The Morgan fingerprint density at radius 1 is 1.50 bits per heavy atom. The zero-order valence-corrected chi connectivity index (χ0v) is 7.95. The molecule has 12 heavy (non-hydrogen) atoms. The van der Waals surface area contributed by atoms with Gasteiger partial charge < -0.3 is 11.5 Å². The summed E-state index contributed by atoms with van der Waals surface area (Å²) in [6.07, 6.45) is 0. The zero-order chi connectivity index (χ0) is 8.97. The first kappa shape index (κ1) is 8.99. The maximum atomic E-state index is 5.17. The summed E-state index contributed by atoms with van der Waals surface area (Å²) in [7, 11) is 0. The maximum Gasteiger partial charge on any atom is 0.186 e. The summed E-state index contributed by atoms with van der Waals surface area (Å²) >= 11 is 3.25. The molecule has 1 aromatic rings. The lowest BCUT2D eigenvalue weighted by atomic mass is 10.3. The van der Waals surface area contributed by atoms with E-state index in [2.05, 4.69) is 25.9 Å². The molecule has 0 aliphatic rings. The van der Waals surface area contributed by atoms with E-state index >= 15 is 0 Å². The molecule has 0 unspecified atom stereocenters. The highest BCUT2D eigenvalue weighted by atomic mass is 79.9. The number of nitrogens with two attached hydrogens (primary N) is 2. The first-order valence-electron chi connectivity index (χ1n) is 3.35. The maximum absolute atomic E-state index is 5.17. The van der Waals surface area contributed by atoms with Crippen molar-refractivity contribution < 1.29 is 0 Å². The highest BCUT2D eigenvalue weighted by molar-refractivity contribution is 9.10. The van der Waals surface area contributed by atoms with Crippen molar-refractivity contribution in [2.75, 3.05) is 0 Å². The van der Waals surface area contributed by atoms with E-state index in [1.165, 1.54) is 0 Å². The standard InChI is InChI=1S/C7H9BrN4/c8-6-3-1-2-5(12-6)4-11-7(9)10/h1-3H,4H2,(H4,9,10,11). The van der Waals surface area contributed by atoms with Gasteiger partial charge in [-0.2, -0.15) is 0 Å². The van der Waals surface area contributed by atoms with Crippen molar-refractivity contribution in [2.24, 2.45) is 16.5 Å². The van der Waals surface area contributed by atoms with Gasteiger partial charge in [0.25, 0.3) is 0 Å². The topological polar surface area (TPSA) is 77.3 Å². The van der Waals surface area contributed by atoms with Crippen LogP contribution in [0, 0.1) is 0 Å². The predicted octanol–water partition coefficient (Wildman–Crippen LogP) is 0.617. The van der Waals surface area contributed by atoms with Gasteiger partial charge in [0, 0.05) is 0 Å². The molecule has 4 N–H and O–H groups in total. The van der Waals surface area contributed by atoms with Crippen molar-refractivity contribution in [2.45, 2.75) is 6.54 Å². The van der Waals surface area contributed by atoms with Gasteiger partial charge >= 0.3 is 0 Å². The van der Waals surface area contributed by atoms with Crippen LogP contribution in [0.2, 0.25) is 0 Å². The Labute approximate surface area is 78.8 Å². The fraction of sp³-hybridized carbons (Fsp3) is 0.143. The molecule has 5 heteroatoms. The van der Waals surface area contributed by atoms with Crippen LogP contribution in [-0.4, -0.2) is 10.9 Å². The van der Waals surface area contributed by atoms with Crippen LogP contribution in [0.5, 0.6) is 0 Å². The van der Waals surface area contributed by atoms with Crippen LogP contribution < -0.4 is 11.5 Å². The van der Waals surface area contributed by atoms with Crippen LogP contribution in [0.3, 0.4) is 0 Å². The summed E-state index contributed by atoms with van der Waals surface area (Å²) in [5, 5.41) is 0. The number of guanidine groups is 1. The molecule has 1 aromatic heterocycles. The predicted molar refractivity (Wildman–Crippen MR) is 51.5 cm³/mol. The molecule has 1 heterocycles. The van der Waals surface area contributed by atoms with Crippen molar-refractivity contribution in [3.05, 3.63) is 28.5 Å². The largest absolute Gasteiger partial charge is 0.370 e. The van der Waals surface area contributed by atoms with Crippen molar-refractivity contribution in [3.63, 3.8) is 0 Å². The van der Waals surface area contributed by atoms with Crippen LogP contribution in [0.4, 0.5) is 0 Å². The summed E-state index contributed by atoms with van der Waals surface area (Å²) in [6.45, 7) is 0.418. The molecule has 0 saturated heterocycles. The molecular weight excluding hydrogens is 220 g/mol. The minimum atomic E-state index is 0.0803. The minimum Gasteiger partial charge on any atom is -0.370 e. The lowest BCUT2D eigenvalue weighted by Crippen LogP contribution is -2.22. The van der Waals surface area contributed by atoms with E-state index in [9.17, 15) is 0 Å². The van der Waals surface area contributed by atoms with Gasteiger partial charge in [-0.25, -0.2) is 9.98 Å². The third-order valence-corrected chi connectivity index (χ3v) is 1.64. The van der Waals surface area contributed by atoms with Gasteiger partial charge in [-0.3, -0.25) is 0 Å². The van der Waals surface area contributed by atoms with Gasteiger partial charge in [0.15, 0.2) is 5.96 Å². The molecule has 0 radical (unpaired) electrons. The first-order chi connectivity index (χ1) is 5.68. The Hall–Kier alpha value is -1.10. The number of halogens is 1. The summed E-state index contributed by atoms with van der Waals surface area (Å²) in [5.74, 6) is 0.0803. The molecular formula is C7H9BrN4. The van der Waals surface area contributed by atoms with E-state index < -0.39 is 0 Å². The van der Waals surface area contributed by atoms with Crippen LogP contribution >= 0.6 is 15.9 Å². The molecule has 0 saturated carbocycles. The number of rotatable bonds is 2. The fourth-order valence-corrected chi connectivity index (χ4v) is 1.09.